The van der Waals surface area contributed by atoms with Crippen molar-refractivity contribution in [2.24, 2.45) is 15.8 Å². The summed E-state index contributed by atoms with van der Waals surface area (Å²) in [4.78, 5) is 16.1. The molecule has 0 unspecified atom stereocenters. The molecule has 26 heavy (non-hydrogen) atoms. The van der Waals surface area contributed by atoms with Gasteiger partial charge in [0.1, 0.15) is 18.3 Å². The fourth-order valence-corrected chi connectivity index (χ4v) is 6.06. The maximum absolute atomic E-state index is 11.6. The molecular weight excluding hydrogens is 338 g/mol. The molecule has 3 aliphatic heterocycles. The Labute approximate surface area is 152 Å². The van der Waals surface area contributed by atoms with Crippen molar-refractivity contribution < 1.29 is 28.8 Å². The van der Waals surface area contributed by atoms with E-state index in [1.54, 1.807) is 6.92 Å². The third-order valence-corrected chi connectivity index (χ3v) is 7.48. The van der Waals surface area contributed by atoms with Crippen molar-refractivity contribution >= 4 is 11.9 Å². The van der Waals surface area contributed by atoms with Crippen LogP contribution in [0.15, 0.2) is 16.6 Å². The fraction of sp³-hybridized carbons (Fsp3) is 0.789. The van der Waals surface area contributed by atoms with Gasteiger partial charge in [-0.25, -0.2) is 4.99 Å². The first kappa shape index (κ1) is 16.7. The Bertz CT molecular complexity index is 757. The number of aliphatic hydroxyl groups is 1. The van der Waals surface area contributed by atoms with Gasteiger partial charge in [0.05, 0.1) is 18.1 Å². The maximum Gasteiger partial charge on any atom is 0.302 e. The summed E-state index contributed by atoms with van der Waals surface area (Å²) in [7, 11) is 0. The molecule has 7 heteroatoms. The number of esters is 1. The lowest BCUT2D eigenvalue weighted by atomic mass is 9.51. The Kier molecular flexibility index (Phi) is 3.02. The molecule has 0 radical (unpaired) electrons. The third kappa shape index (κ3) is 1.62. The molecule has 0 aromatic rings. The van der Waals surface area contributed by atoms with E-state index >= 15 is 0 Å². The number of fused-ring (bicyclic) bond motifs is 5. The van der Waals surface area contributed by atoms with Gasteiger partial charge in [-0.2, -0.15) is 0 Å². The number of hydrogen-bond donors (Lipinski definition) is 1. The lowest BCUT2D eigenvalue weighted by molar-refractivity contribution is -0.233. The van der Waals surface area contributed by atoms with Crippen LogP contribution in [0, 0.1) is 10.8 Å². The molecule has 5 aliphatic rings. The van der Waals surface area contributed by atoms with Crippen molar-refractivity contribution in [1.29, 1.82) is 0 Å². The van der Waals surface area contributed by atoms with Gasteiger partial charge < -0.3 is 24.1 Å². The van der Waals surface area contributed by atoms with Crippen LogP contribution in [-0.4, -0.2) is 59.8 Å². The second-order valence-electron chi connectivity index (χ2n) is 8.68. The Balaban J connectivity index is 1.70. The van der Waals surface area contributed by atoms with E-state index in [4.69, 9.17) is 18.9 Å². The van der Waals surface area contributed by atoms with Gasteiger partial charge >= 0.3 is 5.97 Å². The Morgan fingerprint density at radius 2 is 2.15 bits per heavy atom. The summed E-state index contributed by atoms with van der Waals surface area (Å²) in [5.74, 6) is 0.130. The number of carbonyl (C=O) groups excluding carboxylic acids is 1. The molecule has 0 aromatic carbocycles. The molecule has 2 saturated heterocycles. The molecule has 1 N–H and O–H groups in total. The summed E-state index contributed by atoms with van der Waals surface area (Å²) in [5, 5.41) is 11.5. The van der Waals surface area contributed by atoms with Crippen molar-refractivity contribution in [3.8, 4) is 0 Å². The number of nitrogens with zero attached hydrogens (tertiary/aromatic N) is 1. The Morgan fingerprint density at radius 1 is 1.42 bits per heavy atom. The van der Waals surface area contributed by atoms with E-state index in [0.29, 0.717) is 12.5 Å². The van der Waals surface area contributed by atoms with Crippen molar-refractivity contribution in [1.82, 2.24) is 0 Å². The maximum atomic E-state index is 11.6. The van der Waals surface area contributed by atoms with Crippen LogP contribution >= 0.6 is 0 Å². The summed E-state index contributed by atoms with van der Waals surface area (Å²) in [6.45, 7) is 8.03. The summed E-state index contributed by atoms with van der Waals surface area (Å²) in [5.41, 5.74) is -2.04. The van der Waals surface area contributed by atoms with Crippen LogP contribution in [0.5, 0.6) is 0 Å². The first-order valence-electron chi connectivity index (χ1n) is 9.25. The van der Waals surface area contributed by atoms with Gasteiger partial charge in [0.2, 0.25) is 5.72 Å². The van der Waals surface area contributed by atoms with Crippen molar-refractivity contribution in [3.63, 3.8) is 0 Å². The van der Waals surface area contributed by atoms with Crippen LogP contribution in [-0.2, 0) is 23.7 Å². The molecule has 3 fully saturated rings. The highest BCUT2D eigenvalue weighted by Crippen LogP contribution is 2.75. The molecule has 0 aromatic heterocycles. The van der Waals surface area contributed by atoms with Crippen LogP contribution in [0.1, 0.15) is 40.5 Å². The smallest absolute Gasteiger partial charge is 0.302 e. The van der Waals surface area contributed by atoms with Gasteiger partial charge in [-0.1, -0.05) is 18.6 Å². The zero-order chi connectivity index (χ0) is 18.5. The minimum absolute atomic E-state index is 0.208. The topological polar surface area (TPSA) is 89.9 Å². The first-order valence-corrected chi connectivity index (χ1v) is 9.25. The van der Waals surface area contributed by atoms with Gasteiger partial charge in [-0.3, -0.25) is 4.79 Å². The molecule has 7 atom stereocenters. The Morgan fingerprint density at radius 3 is 2.81 bits per heavy atom. The van der Waals surface area contributed by atoms with Crippen LogP contribution < -0.4 is 0 Å². The number of epoxide rings is 1. The SMILES string of the molecule is CC(=O)OC[C@@]12CCC(C)=C[C@@H]1O[C@H]1[C@@]3(O)N=C(C)O[C@@H]3[C@]2(C)[C@]12CO2. The van der Waals surface area contributed by atoms with E-state index in [1.807, 2.05) is 0 Å². The number of allylic oxidation sites excluding steroid dienone is 1. The average molecular weight is 363 g/mol. The summed E-state index contributed by atoms with van der Waals surface area (Å²) < 4.78 is 24.1. The van der Waals surface area contributed by atoms with Gasteiger partial charge in [0, 0.05) is 19.3 Å². The molecule has 3 heterocycles. The first-order chi connectivity index (χ1) is 12.2. The molecule has 2 aliphatic carbocycles. The molecule has 2 bridgehead atoms. The van der Waals surface area contributed by atoms with Crippen LogP contribution in [0.2, 0.25) is 0 Å². The van der Waals surface area contributed by atoms with Crippen molar-refractivity contribution in [2.45, 2.75) is 70.2 Å². The zero-order valence-corrected chi connectivity index (χ0v) is 15.6. The number of ether oxygens (including phenoxy) is 4. The highest BCUT2D eigenvalue weighted by molar-refractivity contribution is 5.76. The minimum Gasteiger partial charge on any atom is -0.472 e. The van der Waals surface area contributed by atoms with E-state index in [-0.39, 0.29) is 18.7 Å². The lowest BCUT2D eigenvalue weighted by Gasteiger charge is -2.57. The molecule has 5 rings (SSSR count). The lowest BCUT2D eigenvalue weighted by Crippen LogP contribution is -2.66. The summed E-state index contributed by atoms with van der Waals surface area (Å²) in [6, 6.07) is 0. The molecule has 142 valence electrons. The fourth-order valence-electron chi connectivity index (χ4n) is 6.06. The second kappa shape index (κ2) is 4.69. The Hall–Kier alpha value is -1.44. The molecule has 1 saturated carbocycles. The van der Waals surface area contributed by atoms with Crippen LogP contribution in [0.3, 0.4) is 0 Å². The van der Waals surface area contributed by atoms with E-state index in [9.17, 15) is 9.90 Å². The number of hydrogen-bond acceptors (Lipinski definition) is 7. The summed E-state index contributed by atoms with van der Waals surface area (Å²) >= 11 is 0. The van der Waals surface area contributed by atoms with Gasteiger partial charge in [-0.15, -0.1) is 0 Å². The molecular formula is C19H25NO6. The highest BCUT2D eigenvalue weighted by atomic mass is 16.7. The van der Waals surface area contributed by atoms with E-state index < -0.39 is 34.4 Å². The number of carbonyl (C=O) groups is 1. The van der Waals surface area contributed by atoms with E-state index in [2.05, 4.69) is 24.9 Å². The molecule has 0 amide bonds. The highest BCUT2D eigenvalue weighted by Gasteiger charge is 2.90. The third-order valence-electron chi connectivity index (χ3n) is 7.48. The van der Waals surface area contributed by atoms with E-state index in [1.165, 1.54) is 12.5 Å². The largest absolute Gasteiger partial charge is 0.472 e. The summed E-state index contributed by atoms with van der Waals surface area (Å²) in [6.07, 6.45) is 2.29. The van der Waals surface area contributed by atoms with Gasteiger partial charge in [-0.05, 0) is 19.8 Å². The van der Waals surface area contributed by atoms with E-state index in [0.717, 1.165) is 12.8 Å². The van der Waals surface area contributed by atoms with Crippen molar-refractivity contribution in [2.75, 3.05) is 13.2 Å². The van der Waals surface area contributed by atoms with Crippen LogP contribution in [0.4, 0.5) is 0 Å². The number of aliphatic imine (C=N–C) groups is 1. The second-order valence-corrected chi connectivity index (χ2v) is 8.68. The standard InChI is InChI=1S/C19H25NO6/c1-10-5-6-17(8-23-12(3)21)13(7-10)26-15-18(9-24-18)16(17,4)14-19(15,22)20-11(2)25-14/h7,13-15,22H,5-6,8-9H2,1-4H3/t13-,14+,15+,16-,17-,18-,19+/m0/s1. The van der Waals surface area contributed by atoms with Gasteiger partial charge in [0.15, 0.2) is 12.0 Å². The van der Waals surface area contributed by atoms with Crippen molar-refractivity contribution in [3.05, 3.63) is 11.6 Å². The quantitative estimate of drug-likeness (QED) is 0.452. The molecule has 7 nitrogen and oxygen atoms in total. The number of rotatable bonds is 2. The predicted octanol–water partition coefficient (Wildman–Crippen LogP) is 1.34. The predicted molar refractivity (Wildman–Crippen MR) is 90.4 cm³/mol. The van der Waals surface area contributed by atoms with Crippen LogP contribution in [0.25, 0.3) is 0 Å². The molecule has 1 spiro atoms. The zero-order valence-electron chi connectivity index (χ0n) is 15.6. The van der Waals surface area contributed by atoms with Gasteiger partial charge in [0.25, 0.3) is 0 Å². The average Bonchev–Trinajstić information content (AvgIpc) is 3.28. The monoisotopic (exact) mass is 363 g/mol. The minimum atomic E-state index is -1.47. The normalized spacial score (nSPS) is 53.3.